The van der Waals surface area contributed by atoms with Crippen LogP contribution in [0.2, 0.25) is 5.02 Å². The average molecular weight is 258 g/mol. The van der Waals surface area contributed by atoms with Crippen LogP contribution in [0.3, 0.4) is 0 Å². The van der Waals surface area contributed by atoms with Gasteiger partial charge in [-0.3, -0.25) is 4.98 Å². The molecule has 0 saturated carbocycles. The Hall–Kier alpha value is -0.680. The number of hydrogen-bond donors (Lipinski definition) is 1. The van der Waals surface area contributed by atoms with Crippen LogP contribution in [0.1, 0.15) is 5.56 Å². The van der Waals surface area contributed by atoms with Gasteiger partial charge in [0.2, 0.25) is 0 Å². The molecule has 1 aromatic heterocycles. The summed E-state index contributed by atoms with van der Waals surface area (Å²) in [5.41, 5.74) is 1.11. The summed E-state index contributed by atoms with van der Waals surface area (Å²) in [6.07, 6.45) is 3.45. The Kier molecular flexibility index (Phi) is 7.12. The quantitative estimate of drug-likeness (QED) is 0.715. The zero-order valence-electron chi connectivity index (χ0n) is 10.4. The summed E-state index contributed by atoms with van der Waals surface area (Å²) in [6, 6.07) is 1.96. The summed E-state index contributed by atoms with van der Waals surface area (Å²) in [4.78, 5) is 6.19. The highest BCUT2D eigenvalue weighted by Crippen LogP contribution is 2.14. The van der Waals surface area contributed by atoms with Gasteiger partial charge in [-0.05, 0) is 18.7 Å². The third-order valence-corrected chi connectivity index (χ3v) is 2.79. The molecule has 5 heteroatoms. The Morgan fingerprint density at radius 1 is 1.47 bits per heavy atom. The lowest BCUT2D eigenvalue weighted by Gasteiger charge is -2.17. The molecule has 0 aromatic carbocycles. The Balaban J connectivity index is 2.21. The molecule has 1 heterocycles. The van der Waals surface area contributed by atoms with Crippen LogP contribution in [0.15, 0.2) is 18.5 Å². The maximum Gasteiger partial charge on any atom is 0.0634 e. The Morgan fingerprint density at radius 2 is 2.29 bits per heavy atom. The minimum atomic E-state index is 0.728. The number of likely N-dealkylation sites (N-methyl/N-ethyl adjacent to an activating group) is 1. The van der Waals surface area contributed by atoms with Gasteiger partial charge in [0, 0.05) is 45.7 Å². The van der Waals surface area contributed by atoms with Crippen LogP contribution < -0.4 is 5.32 Å². The molecule has 0 bridgehead atoms. The van der Waals surface area contributed by atoms with Gasteiger partial charge in [-0.25, -0.2) is 0 Å². The van der Waals surface area contributed by atoms with Crippen molar-refractivity contribution >= 4 is 11.6 Å². The fraction of sp³-hybridized carbons (Fsp3) is 0.583. The van der Waals surface area contributed by atoms with E-state index in [-0.39, 0.29) is 0 Å². The van der Waals surface area contributed by atoms with Gasteiger partial charge in [0.15, 0.2) is 0 Å². The molecular weight excluding hydrogens is 238 g/mol. The van der Waals surface area contributed by atoms with E-state index in [1.807, 2.05) is 6.07 Å². The molecule has 0 aliphatic carbocycles. The van der Waals surface area contributed by atoms with Crippen LogP contribution in [0, 0.1) is 0 Å². The number of ether oxygens (including phenoxy) is 1. The van der Waals surface area contributed by atoms with E-state index in [1.54, 1.807) is 19.5 Å². The molecular formula is C12H20ClN3O. The van der Waals surface area contributed by atoms with E-state index in [0.717, 1.165) is 43.4 Å². The summed E-state index contributed by atoms with van der Waals surface area (Å²) in [6.45, 7) is 4.40. The molecule has 1 aromatic rings. The molecule has 0 atom stereocenters. The van der Waals surface area contributed by atoms with E-state index >= 15 is 0 Å². The lowest BCUT2D eigenvalue weighted by atomic mass is 10.2. The zero-order valence-corrected chi connectivity index (χ0v) is 11.2. The van der Waals surface area contributed by atoms with Crippen molar-refractivity contribution in [2.75, 3.05) is 40.4 Å². The number of methoxy groups -OCH3 is 1. The monoisotopic (exact) mass is 257 g/mol. The van der Waals surface area contributed by atoms with Gasteiger partial charge in [-0.2, -0.15) is 0 Å². The summed E-state index contributed by atoms with van der Waals surface area (Å²) in [5.74, 6) is 0. The van der Waals surface area contributed by atoms with Gasteiger partial charge in [0.1, 0.15) is 0 Å². The van der Waals surface area contributed by atoms with Crippen LogP contribution in [0.5, 0.6) is 0 Å². The lowest BCUT2D eigenvalue weighted by molar-refractivity contribution is 0.197. The third kappa shape index (κ3) is 5.98. The normalized spacial score (nSPS) is 11.1. The maximum absolute atomic E-state index is 6.05. The summed E-state index contributed by atoms with van der Waals surface area (Å²) >= 11 is 6.05. The van der Waals surface area contributed by atoms with E-state index in [1.165, 1.54) is 0 Å². The number of aromatic nitrogens is 1. The number of nitrogens with one attached hydrogen (secondary N) is 1. The molecule has 0 aliphatic rings. The van der Waals surface area contributed by atoms with Crippen molar-refractivity contribution in [1.29, 1.82) is 0 Å². The molecule has 1 N–H and O–H groups in total. The summed E-state index contributed by atoms with van der Waals surface area (Å²) in [7, 11) is 3.79. The minimum Gasteiger partial charge on any atom is -0.383 e. The van der Waals surface area contributed by atoms with Gasteiger partial charge in [0.25, 0.3) is 0 Å². The molecule has 0 amide bonds. The smallest absolute Gasteiger partial charge is 0.0634 e. The molecule has 96 valence electrons. The number of pyridine rings is 1. The van der Waals surface area contributed by atoms with Crippen LogP contribution in [0.25, 0.3) is 0 Å². The SMILES string of the molecule is COCCNCCN(C)Cc1ccncc1Cl. The van der Waals surface area contributed by atoms with E-state index in [4.69, 9.17) is 16.3 Å². The third-order valence-electron chi connectivity index (χ3n) is 2.45. The predicted molar refractivity (Wildman–Crippen MR) is 70.3 cm³/mol. The molecule has 0 aliphatic heterocycles. The first-order chi connectivity index (χ1) is 8.24. The average Bonchev–Trinajstić information content (AvgIpc) is 2.32. The van der Waals surface area contributed by atoms with Crippen molar-refractivity contribution in [3.8, 4) is 0 Å². The van der Waals surface area contributed by atoms with Gasteiger partial charge < -0.3 is 15.0 Å². The fourth-order valence-electron chi connectivity index (χ4n) is 1.47. The van der Waals surface area contributed by atoms with E-state index in [0.29, 0.717) is 0 Å². The predicted octanol–water partition coefficient (Wildman–Crippen LogP) is 1.40. The molecule has 17 heavy (non-hydrogen) atoms. The van der Waals surface area contributed by atoms with E-state index in [9.17, 15) is 0 Å². The second kappa shape index (κ2) is 8.42. The molecule has 4 nitrogen and oxygen atoms in total. The number of halogens is 1. The maximum atomic E-state index is 6.05. The van der Waals surface area contributed by atoms with Crippen molar-refractivity contribution in [3.05, 3.63) is 29.0 Å². The highest BCUT2D eigenvalue weighted by atomic mass is 35.5. The minimum absolute atomic E-state index is 0.728. The van der Waals surface area contributed by atoms with E-state index < -0.39 is 0 Å². The van der Waals surface area contributed by atoms with Crippen LogP contribution in [-0.4, -0.2) is 50.3 Å². The molecule has 0 saturated heterocycles. The highest BCUT2D eigenvalue weighted by Gasteiger charge is 2.03. The Morgan fingerprint density at radius 3 is 3.00 bits per heavy atom. The van der Waals surface area contributed by atoms with Crippen LogP contribution >= 0.6 is 11.6 Å². The van der Waals surface area contributed by atoms with Crippen molar-refractivity contribution in [2.24, 2.45) is 0 Å². The first kappa shape index (κ1) is 14.4. The van der Waals surface area contributed by atoms with Crippen LogP contribution in [-0.2, 0) is 11.3 Å². The lowest BCUT2D eigenvalue weighted by Crippen LogP contribution is -2.30. The topological polar surface area (TPSA) is 37.4 Å². The zero-order chi connectivity index (χ0) is 12.5. The van der Waals surface area contributed by atoms with Gasteiger partial charge >= 0.3 is 0 Å². The molecule has 0 spiro atoms. The molecule has 0 radical (unpaired) electrons. The largest absolute Gasteiger partial charge is 0.383 e. The number of rotatable bonds is 8. The summed E-state index contributed by atoms with van der Waals surface area (Å²) < 4.78 is 4.96. The number of nitrogens with zero attached hydrogens (tertiary/aromatic N) is 2. The van der Waals surface area contributed by atoms with Crippen molar-refractivity contribution in [2.45, 2.75) is 6.54 Å². The Bertz CT molecular complexity index is 322. The van der Waals surface area contributed by atoms with Crippen molar-refractivity contribution in [1.82, 2.24) is 15.2 Å². The molecule has 1 rings (SSSR count). The number of hydrogen-bond acceptors (Lipinski definition) is 4. The van der Waals surface area contributed by atoms with Gasteiger partial charge in [-0.15, -0.1) is 0 Å². The van der Waals surface area contributed by atoms with Crippen molar-refractivity contribution in [3.63, 3.8) is 0 Å². The second-order valence-corrected chi connectivity index (χ2v) is 4.35. The van der Waals surface area contributed by atoms with Crippen molar-refractivity contribution < 1.29 is 4.74 Å². The first-order valence-electron chi connectivity index (χ1n) is 5.70. The van der Waals surface area contributed by atoms with E-state index in [2.05, 4.69) is 22.2 Å². The van der Waals surface area contributed by atoms with Crippen LogP contribution in [0.4, 0.5) is 0 Å². The first-order valence-corrected chi connectivity index (χ1v) is 6.08. The summed E-state index contributed by atoms with van der Waals surface area (Å²) in [5, 5.41) is 4.03. The fourth-order valence-corrected chi connectivity index (χ4v) is 1.65. The second-order valence-electron chi connectivity index (χ2n) is 3.95. The molecule has 0 unspecified atom stereocenters. The van der Waals surface area contributed by atoms with Gasteiger partial charge in [0.05, 0.1) is 11.6 Å². The highest BCUT2D eigenvalue weighted by molar-refractivity contribution is 6.31. The standard InChI is InChI=1S/C12H20ClN3O/c1-16(7-5-14-6-8-17-2)10-11-3-4-15-9-12(11)13/h3-4,9,14H,5-8,10H2,1-2H3. The van der Waals surface area contributed by atoms with Gasteiger partial charge in [-0.1, -0.05) is 11.6 Å². The Labute approximate surface area is 108 Å². The molecule has 0 fully saturated rings.